The lowest BCUT2D eigenvalue weighted by Gasteiger charge is -2.44. The van der Waals surface area contributed by atoms with E-state index in [1.807, 2.05) is 37.3 Å². The van der Waals surface area contributed by atoms with E-state index in [9.17, 15) is 4.79 Å². The molecule has 7 rings (SSSR count). The Morgan fingerprint density at radius 3 is 2.04 bits per heavy atom. The lowest BCUT2D eigenvalue weighted by atomic mass is 9.71. The molecule has 0 atom stereocenters. The van der Waals surface area contributed by atoms with E-state index >= 15 is 0 Å². The maximum atomic E-state index is 14.2. The van der Waals surface area contributed by atoms with Crippen LogP contribution in [-0.2, 0) is 14.0 Å². The van der Waals surface area contributed by atoms with Crippen molar-refractivity contribution >= 4 is 48.0 Å². The molecule has 0 unspecified atom stereocenters. The Balaban J connectivity index is 1.26. The summed E-state index contributed by atoms with van der Waals surface area (Å²) >= 11 is 0. The van der Waals surface area contributed by atoms with Gasteiger partial charge in [0.05, 0.1) is 16.7 Å². The molecule has 0 saturated heterocycles. The summed E-state index contributed by atoms with van der Waals surface area (Å²) in [6.07, 6.45) is 3.19. The molecule has 0 amide bonds. The number of benzene rings is 4. The molecular weight excluding hydrogens is 573 g/mol. The average Bonchev–Trinajstić information content (AvgIpc) is 3.59. The molecule has 2 aliphatic heterocycles. The number of hydrogen-bond donors (Lipinski definition) is 0. The number of para-hydroxylation sites is 1. The van der Waals surface area contributed by atoms with Gasteiger partial charge in [-0.2, -0.15) is 0 Å². The first-order valence-electron chi connectivity index (χ1n) is 16.1. The zero-order valence-electron chi connectivity index (χ0n) is 26.8. The Hall–Kier alpha value is -4.13. The van der Waals surface area contributed by atoms with Gasteiger partial charge in [-0.15, -0.1) is 0 Å². The van der Waals surface area contributed by atoms with E-state index in [0.29, 0.717) is 24.5 Å². The number of aliphatic imine (C=N–C) groups is 1. The lowest BCUT2D eigenvalue weighted by molar-refractivity contribution is -0.207. The predicted molar refractivity (Wildman–Crippen MR) is 183 cm³/mol. The van der Waals surface area contributed by atoms with E-state index < -0.39 is 20.8 Å². The summed E-state index contributed by atoms with van der Waals surface area (Å²) in [6, 6.07) is 31.1. The summed E-state index contributed by atoms with van der Waals surface area (Å²) in [5, 5.41) is 6.45. The van der Waals surface area contributed by atoms with Crippen LogP contribution in [0.3, 0.4) is 0 Å². The third-order valence-electron chi connectivity index (χ3n) is 9.89. The monoisotopic (exact) mass is 612 g/mol. The Labute approximate surface area is 266 Å². The van der Waals surface area contributed by atoms with Gasteiger partial charge in [-0.25, -0.2) is 14.8 Å². The minimum Gasteiger partial charge on any atom is -0.429 e. The Morgan fingerprint density at radius 1 is 0.822 bits per heavy atom. The number of fused-ring (bicyclic) bond motifs is 3. The van der Waals surface area contributed by atoms with E-state index in [2.05, 4.69) is 88.4 Å². The van der Waals surface area contributed by atoms with Crippen LogP contribution in [0.1, 0.15) is 58.9 Å². The molecule has 4 aromatic carbocycles. The highest BCUT2D eigenvalue weighted by Crippen LogP contribution is 2.44. The fourth-order valence-electron chi connectivity index (χ4n) is 7.33. The van der Waals surface area contributed by atoms with Crippen molar-refractivity contribution in [1.82, 2.24) is 0 Å². The standard InChI is InChI=1S/C39H40N2O3Si/c1-25-34-26(2)36(41-33(34)24-31-30-18-12-13-19-32(30)40-35(25)31)37(42)43-39(22-20-27(21-23-39)38(3,4)5)44-45(28-14-8-6-9-15-28)29-16-10-7-11-17-29/h6-19,24,27,45H,20-23H2,1-5H3/t27-,39-. The molecule has 4 aromatic rings. The first-order valence-corrected chi connectivity index (χ1v) is 17.7. The van der Waals surface area contributed by atoms with Crippen LogP contribution in [0.4, 0.5) is 11.4 Å². The van der Waals surface area contributed by atoms with E-state index in [0.717, 1.165) is 56.4 Å². The number of rotatable bonds is 6. The topological polar surface area (TPSA) is 60.2 Å². The van der Waals surface area contributed by atoms with Crippen LogP contribution < -0.4 is 20.9 Å². The van der Waals surface area contributed by atoms with Gasteiger partial charge >= 0.3 is 5.97 Å². The van der Waals surface area contributed by atoms with Crippen molar-refractivity contribution in [1.29, 1.82) is 0 Å². The highest BCUT2D eigenvalue weighted by atomic mass is 28.3. The molecule has 0 N–H and O–H groups in total. The summed E-state index contributed by atoms with van der Waals surface area (Å²) in [4.78, 5) is 24.1. The number of carbonyl (C=O) groups excluding carboxylic acids is 1. The fraction of sp³-hybridized carbons (Fsp3) is 0.308. The Morgan fingerprint density at radius 2 is 1.42 bits per heavy atom. The highest BCUT2D eigenvalue weighted by Gasteiger charge is 2.45. The summed E-state index contributed by atoms with van der Waals surface area (Å²) < 4.78 is 13.8. The molecule has 1 fully saturated rings. The number of hydrogen-bond acceptors (Lipinski definition) is 5. The largest absolute Gasteiger partial charge is 0.429 e. The van der Waals surface area contributed by atoms with Crippen LogP contribution in [0.25, 0.3) is 5.57 Å². The van der Waals surface area contributed by atoms with E-state index in [-0.39, 0.29) is 5.41 Å². The van der Waals surface area contributed by atoms with E-state index in [1.54, 1.807) is 0 Å². The molecule has 3 aliphatic rings. The second kappa shape index (κ2) is 11.3. The normalized spacial score (nSPS) is 20.3. The summed E-state index contributed by atoms with van der Waals surface area (Å²) in [6.45, 7) is 11.0. The number of esters is 1. The minimum atomic E-state index is -2.21. The molecule has 0 bridgehead atoms. The first kappa shape index (κ1) is 29.6. The molecule has 0 aromatic heterocycles. The SMILES string of the molecule is CC1=c2c(cc3c(c2C)N=c2ccccc2=3)N=C1C(=O)O[C@]1(O[SiH](c2ccccc2)c2ccccc2)CC[C@H](C(C)(C)C)CC1. The molecule has 2 heterocycles. The van der Waals surface area contributed by atoms with Gasteiger partial charge in [-0.05, 0) is 71.7 Å². The van der Waals surface area contributed by atoms with Crippen LogP contribution >= 0.6 is 0 Å². The molecule has 6 heteroatoms. The van der Waals surface area contributed by atoms with E-state index in [4.69, 9.17) is 19.1 Å². The molecule has 45 heavy (non-hydrogen) atoms. The maximum Gasteiger partial charge on any atom is 0.359 e. The van der Waals surface area contributed by atoms with Gasteiger partial charge in [0.15, 0.2) is 5.71 Å². The predicted octanol–water partition coefficient (Wildman–Crippen LogP) is 5.83. The highest BCUT2D eigenvalue weighted by molar-refractivity contribution is 6.80. The number of nitrogens with zero attached hydrogens (tertiary/aromatic N) is 2. The smallest absolute Gasteiger partial charge is 0.359 e. The maximum absolute atomic E-state index is 14.2. The Bertz CT molecular complexity index is 2000. The molecule has 5 nitrogen and oxygen atoms in total. The summed E-state index contributed by atoms with van der Waals surface area (Å²) in [7, 11) is -2.21. The average molecular weight is 613 g/mol. The first-order chi connectivity index (χ1) is 21.6. The van der Waals surface area contributed by atoms with Crippen molar-refractivity contribution in [3.63, 3.8) is 0 Å². The third kappa shape index (κ3) is 5.40. The second-order valence-corrected chi connectivity index (χ2v) is 16.1. The van der Waals surface area contributed by atoms with Crippen LogP contribution in [-0.4, -0.2) is 26.5 Å². The van der Waals surface area contributed by atoms with Crippen molar-refractivity contribution in [3.05, 3.63) is 118 Å². The summed E-state index contributed by atoms with van der Waals surface area (Å²) in [5.74, 6) is -0.910. The quantitative estimate of drug-likeness (QED) is 0.138. The second-order valence-electron chi connectivity index (χ2n) is 13.8. The third-order valence-corrected chi connectivity index (χ3v) is 12.5. The zero-order chi connectivity index (χ0) is 31.3. The van der Waals surface area contributed by atoms with Gasteiger partial charge in [0, 0.05) is 28.5 Å². The van der Waals surface area contributed by atoms with Crippen molar-refractivity contribution in [2.45, 2.75) is 66.1 Å². The van der Waals surface area contributed by atoms with Gasteiger partial charge in [-0.3, -0.25) is 0 Å². The van der Waals surface area contributed by atoms with Gasteiger partial charge in [0.1, 0.15) is 0 Å². The van der Waals surface area contributed by atoms with Crippen LogP contribution in [0.5, 0.6) is 0 Å². The summed E-state index contributed by atoms with van der Waals surface area (Å²) in [5.41, 5.74) is 4.17. The van der Waals surface area contributed by atoms with Crippen LogP contribution in [0.15, 0.2) is 101 Å². The van der Waals surface area contributed by atoms with Gasteiger partial charge < -0.3 is 9.16 Å². The van der Waals surface area contributed by atoms with Crippen molar-refractivity contribution in [2.24, 2.45) is 21.3 Å². The molecule has 228 valence electrons. The van der Waals surface area contributed by atoms with Crippen molar-refractivity contribution in [2.75, 3.05) is 0 Å². The zero-order valence-corrected chi connectivity index (χ0v) is 27.9. The van der Waals surface area contributed by atoms with Crippen molar-refractivity contribution < 1.29 is 14.0 Å². The van der Waals surface area contributed by atoms with Gasteiger partial charge in [0.25, 0.3) is 0 Å². The molecule has 1 saturated carbocycles. The lowest BCUT2D eigenvalue weighted by Crippen LogP contribution is -2.55. The Kier molecular flexibility index (Phi) is 7.45. The molecule has 1 aliphatic carbocycles. The molecule has 0 spiro atoms. The molecular formula is C39H40N2O3Si. The van der Waals surface area contributed by atoms with E-state index in [1.165, 1.54) is 10.4 Å². The van der Waals surface area contributed by atoms with Gasteiger partial charge in [-0.1, -0.05) is 99.6 Å². The minimum absolute atomic E-state index is 0.176. The molecule has 0 radical (unpaired) electrons. The number of ether oxygens (including phenoxy) is 1. The van der Waals surface area contributed by atoms with Crippen LogP contribution in [0, 0.1) is 28.7 Å². The van der Waals surface area contributed by atoms with Crippen LogP contribution in [0.2, 0.25) is 0 Å². The van der Waals surface area contributed by atoms with Crippen molar-refractivity contribution in [3.8, 4) is 0 Å². The number of carbonyl (C=O) groups is 1. The fourth-order valence-corrected chi connectivity index (χ4v) is 9.84. The van der Waals surface area contributed by atoms with Gasteiger partial charge in [0.2, 0.25) is 14.8 Å².